The van der Waals surface area contributed by atoms with Crippen molar-refractivity contribution in [2.75, 3.05) is 11.9 Å². The van der Waals surface area contributed by atoms with E-state index in [1.807, 2.05) is 13.0 Å². The molecule has 1 amide bonds. The minimum Gasteiger partial charge on any atom is -0.319 e. The van der Waals surface area contributed by atoms with Crippen molar-refractivity contribution in [3.05, 3.63) is 52.6 Å². The molecule has 0 radical (unpaired) electrons. The molecule has 4 rings (SSSR count). The van der Waals surface area contributed by atoms with Crippen LogP contribution in [0.4, 0.5) is 10.1 Å². The third kappa shape index (κ3) is 3.76. The molecule has 0 atom stereocenters. The predicted octanol–water partition coefficient (Wildman–Crippen LogP) is 3.16. The molecule has 2 aromatic heterocycles. The number of nitrogens with one attached hydrogen (secondary N) is 2. The number of carbonyl (C=O) groups is 1. The predicted molar refractivity (Wildman–Crippen MR) is 108 cm³/mol. The van der Waals surface area contributed by atoms with Gasteiger partial charge in [-0.15, -0.1) is 24.8 Å². The summed E-state index contributed by atoms with van der Waals surface area (Å²) in [6.07, 6.45) is 2.22. The van der Waals surface area contributed by atoms with E-state index in [9.17, 15) is 9.18 Å². The number of nitrogens with zero attached hydrogens (tertiary/aromatic N) is 3. The second kappa shape index (κ2) is 8.21. The zero-order chi connectivity index (χ0) is 17.6. The van der Waals surface area contributed by atoms with Crippen LogP contribution < -0.4 is 10.6 Å². The molecule has 1 aromatic carbocycles. The van der Waals surface area contributed by atoms with Gasteiger partial charge >= 0.3 is 0 Å². The summed E-state index contributed by atoms with van der Waals surface area (Å²) >= 11 is 0. The Balaban J connectivity index is 0.00000131. The molecule has 2 N–H and O–H groups in total. The van der Waals surface area contributed by atoms with Gasteiger partial charge in [-0.25, -0.2) is 9.37 Å². The summed E-state index contributed by atoms with van der Waals surface area (Å²) in [6, 6.07) is 5.17. The van der Waals surface area contributed by atoms with Gasteiger partial charge in [0.25, 0.3) is 5.91 Å². The van der Waals surface area contributed by atoms with Crippen molar-refractivity contribution in [2.24, 2.45) is 7.05 Å². The molecular weight excluding hydrogens is 392 g/mol. The van der Waals surface area contributed by atoms with Crippen molar-refractivity contribution in [1.82, 2.24) is 20.1 Å². The van der Waals surface area contributed by atoms with Crippen molar-refractivity contribution in [3.63, 3.8) is 0 Å². The van der Waals surface area contributed by atoms with Gasteiger partial charge in [-0.05, 0) is 43.1 Å². The molecule has 9 heteroatoms. The van der Waals surface area contributed by atoms with Crippen LogP contribution in [0.3, 0.4) is 0 Å². The number of anilines is 1. The lowest BCUT2D eigenvalue weighted by molar-refractivity contribution is 0.102. The molecule has 0 aliphatic carbocycles. The third-order valence-electron chi connectivity index (χ3n) is 4.53. The molecule has 3 aromatic rings. The summed E-state index contributed by atoms with van der Waals surface area (Å²) in [7, 11) is 1.77. The Kier molecular flexibility index (Phi) is 6.41. The third-order valence-corrected chi connectivity index (χ3v) is 4.53. The molecule has 0 unspecified atom stereocenters. The lowest BCUT2D eigenvalue weighted by Crippen LogP contribution is -2.25. The Morgan fingerprint density at radius 3 is 2.89 bits per heavy atom. The Bertz CT molecular complexity index is 1010. The van der Waals surface area contributed by atoms with Crippen LogP contribution in [0.1, 0.15) is 27.2 Å². The summed E-state index contributed by atoms with van der Waals surface area (Å²) in [4.78, 5) is 17.2. The molecule has 0 fully saturated rings. The Hall–Kier alpha value is -2.22. The van der Waals surface area contributed by atoms with E-state index >= 15 is 0 Å². The lowest BCUT2D eigenvalue weighted by Gasteiger charge is -2.19. The summed E-state index contributed by atoms with van der Waals surface area (Å²) in [5.74, 6) is -0.711. The van der Waals surface area contributed by atoms with E-state index in [-0.39, 0.29) is 42.2 Å². The Morgan fingerprint density at radius 2 is 2.11 bits per heavy atom. The average Bonchev–Trinajstić information content (AvgIpc) is 2.98. The van der Waals surface area contributed by atoms with Gasteiger partial charge in [0.15, 0.2) is 5.65 Å². The second-order valence-corrected chi connectivity index (χ2v) is 6.26. The van der Waals surface area contributed by atoms with Crippen LogP contribution in [0.2, 0.25) is 0 Å². The normalized spacial score (nSPS) is 12.7. The monoisotopic (exact) mass is 411 g/mol. The molecule has 27 heavy (non-hydrogen) atoms. The van der Waals surface area contributed by atoms with Crippen LogP contribution in [0.15, 0.2) is 24.4 Å². The van der Waals surface area contributed by atoms with E-state index in [0.717, 1.165) is 12.1 Å². The van der Waals surface area contributed by atoms with Gasteiger partial charge < -0.3 is 10.6 Å². The number of pyridine rings is 1. The molecule has 0 bridgehead atoms. The number of aryl methyl sites for hydroxylation is 2. The Labute approximate surface area is 168 Å². The standard InChI is InChI=1S/C18H18FN5O.2ClH/c1-10-7-13(14-9-21-24(2)17(14)22-10)18(25)23-15-4-3-11-8-20-6-5-12(11)16(15)19;;/h3-4,7,9,20H,5-6,8H2,1-2H3,(H,23,25);2*1H. The molecular formula is C18H20Cl2FN5O. The van der Waals surface area contributed by atoms with Gasteiger partial charge in [0, 0.05) is 19.3 Å². The van der Waals surface area contributed by atoms with Crippen LogP contribution in [0.5, 0.6) is 0 Å². The van der Waals surface area contributed by atoms with Crippen molar-refractivity contribution in [1.29, 1.82) is 0 Å². The van der Waals surface area contributed by atoms with Gasteiger partial charge in [0.1, 0.15) is 5.82 Å². The maximum Gasteiger partial charge on any atom is 0.256 e. The topological polar surface area (TPSA) is 71.8 Å². The highest BCUT2D eigenvalue weighted by Gasteiger charge is 2.20. The number of halogens is 3. The summed E-state index contributed by atoms with van der Waals surface area (Å²) in [6.45, 7) is 3.21. The fourth-order valence-corrected chi connectivity index (χ4v) is 3.25. The number of hydrogen-bond acceptors (Lipinski definition) is 4. The summed E-state index contributed by atoms with van der Waals surface area (Å²) in [5, 5.41) is 10.7. The van der Waals surface area contributed by atoms with E-state index in [1.165, 1.54) is 0 Å². The molecule has 0 saturated heterocycles. The molecule has 1 aliphatic heterocycles. The zero-order valence-electron chi connectivity index (χ0n) is 14.9. The average molecular weight is 412 g/mol. The number of rotatable bonds is 2. The van der Waals surface area contributed by atoms with Gasteiger partial charge in [0.2, 0.25) is 0 Å². The number of benzene rings is 1. The first-order valence-corrected chi connectivity index (χ1v) is 8.16. The first-order chi connectivity index (χ1) is 12.0. The van der Waals surface area contributed by atoms with Crippen LogP contribution >= 0.6 is 24.8 Å². The highest BCUT2D eigenvalue weighted by Crippen LogP contribution is 2.26. The molecule has 0 spiro atoms. The van der Waals surface area contributed by atoms with Gasteiger partial charge in [-0.2, -0.15) is 5.10 Å². The maximum absolute atomic E-state index is 14.8. The minimum absolute atomic E-state index is 0. The fraction of sp³-hybridized carbons (Fsp3) is 0.278. The van der Waals surface area contributed by atoms with Crippen molar-refractivity contribution < 1.29 is 9.18 Å². The quantitative estimate of drug-likeness (QED) is 0.679. The van der Waals surface area contributed by atoms with Crippen LogP contribution in [-0.2, 0) is 20.0 Å². The SMILES string of the molecule is Cc1cc(C(=O)Nc2ccc3c(c2F)CCNC3)c2cnn(C)c2n1.Cl.Cl. The molecule has 1 aliphatic rings. The van der Waals surface area contributed by atoms with Crippen LogP contribution in [0, 0.1) is 12.7 Å². The zero-order valence-corrected chi connectivity index (χ0v) is 16.5. The minimum atomic E-state index is -0.365. The number of aromatic nitrogens is 3. The number of fused-ring (bicyclic) bond motifs is 2. The van der Waals surface area contributed by atoms with Gasteiger partial charge in [-0.1, -0.05) is 6.07 Å². The van der Waals surface area contributed by atoms with E-state index in [4.69, 9.17) is 0 Å². The molecule has 0 saturated carbocycles. The van der Waals surface area contributed by atoms with E-state index < -0.39 is 0 Å². The Morgan fingerprint density at radius 1 is 1.33 bits per heavy atom. The first-order valence-electron chi connectivity index (χ1n) is 8.16. The van der Waals surface area contributed by atoms with Crippen molar-refractivity contribution >= 4 is 47.4 Å². The smallest absolute Gasteiger partial charge is 0.256 e. The highest BCUT2D eigenvalue weighted by molar-refractivity contribution is 6.12. The highest BCUT2D eigenvalue weighted by atomic mass is 35.5. The molecule has 6 nitrogen and oxygen atoms in total. The molecule has 144 valence electrons. The largest absolute Gasteiger partial charge is 0.319 e. The number of carbonyl (C=O) groups excluding carboxylic acids is 1. The first kappa shape index (κ1) is 21.1. The summed E-state index contributed by atoms with van der Waals surface area (Å²) in [5.41, 5.74) is 3.59. The maximum atomic E-state index is 14.8. The lowest BCUT2D eigenvalue weighted by atomic mass is 9.99. The summed E-state index contributed by atoms with van der Waals surface area (Å²) < 4.78 is 16.4. The van der Waals surface area contributed by atoms with E-state index in [2.05, 4.69) is 20.7 Å². The molecule has 3 heterocycles. The van der Waals surface area contributed by atoms with Crippen LogP contribution in [-0.4, -0.2) is 27.2 Å². The van der Waals surface area contributed by atoms with Gasteiger partial charge in [0.05, 0.1) is 22.8 Å². The second-order valence-electron chi connectivity index (χ2n) is 6.26. The van der Waals surface area contributed by atoms with Gasteiger partial charge in [-0.3, -0.25) is 9.48 Å². The van der Waals surface area contributed by atoms with E-state index in [0.29, 0.717) is 40.8 Å². The van der Waals surface area contributed by atoms with Crippen LogP contribution in [0.25, 0.3) is 11.0 Å². The van der Waals surface area contributed by atoms with Crippen molar-refractivity contribution in [3.8, 4) is 0 Å². The fourth-order valence-electron chi connectivity index (χ4n) is 3.25. The number of amides is 1. The van der Waals surface area contributed by atoms with E-state index in [1.54, 1.807) is 30.1 Å². The number of hydrogen-bond donors (Lipinski definition) is 2. The van der Waals surface area contributed by atoms with Crippen molar-refractivity contribution in [2.45, 2.75) is 19.9 Å².